The third-order valence-electron chi connectivity index (χ3n) is 2.86. The van der Waals surface area contributed by atoms with Gasteiger partial charge in [-0.15, -0.1) is 0 Å². The van der Waals surface area contributed by atoms with Gasteiger partial charge in [0.15, 0.2) is 5.78 Å². The molecule has 0 aliphatic rings. The van der Waals surface area contributed by atoms with Crippen LogP contribution < -0.4 is 9.47 Å². The SMILES string of the molecule is CCOc1cc(OC)c2cc(C(=O)CN=[N+]=[N-])ccc2n1. The Kier molecular flexibility index (Phi) is 4.58. The van der Waals surface area contributed by atoms with E-state index in [4.69, 9.17) is 15.0 Å². The van der Waals surface area contributed by atoms with Crippen LogP contribution in [-0.4, -0.2) is 31.0 Å². The Bertz CT molecular complexity index is 723. The molecule has 21 heavy (non-hydrogen) atoms. The Labute approximate surface area is 121 Å². The number of ether oxygens (including phenoxy) is 2. The first-order valence-corrected chi connectivity index (χ1v) is 6.35. The van der Waals surface area contributed by atoms with Crippen LogP contribution in [0.5, 0.6) is 11.6 Å². The third-order valence-corrected chi connectivity index (χ3v) is 2.86. The molecule has 0 saturated carbocycles. The summed E-state index contributed by atoms with van der Waals surface area (Å²) in [5, 5.41) is 3.97. The lowest BCUT2D eigenvalue weighted by Crippen LogP contribution is -2.03. The van der Waals surface area contributed by atoms with E-state index < -0.39 is 0 Å². The van der Waals surface area contributed by atoms with Gasteiger partial charge in [-0.3, -0.25) is 4.79 Å². The Morgan fingerprint density at radius 1 is 1.43 bits per heavy atom. The average molecular weight is 286 g/mol. The molecule has 0 unspecified atom stereocenters. The van der Waals surface area contributed by atoms with E-state index in [9.17, 15) is 4.79 Å². The van der Waals surface area contributed by atoms with Crippen molar-refractivity contribution in [1.82, 2.24) is 4.98 Å². The summed E-state index contributed by atoms with van der Waals surface area (Å²) in [7, 11) is 1.54. The van der Waals surface area contributed by atoms with Crippen molar-refractivity contribution in [2.75, 3.05) is 20.3 Å². The van der Waals surface area contributed by atoms with Crippen LogP contribution in [0.2, 0.25) is 0 Å². The molecule has 2 rings (SSSR count). The van der Waals surface area contributed by atoms with Gasteiger partial charge < -0.3 is 9.47 Å². The lowest BCUT2D eigenvalue weighted by molar-refractivity contribution is 0.100. The van der Waals surface area contributed by atoms with Crippen molar-refractivity contribution in [1.29, 1.82) is 0 Å². The summed E-state index contributed by atoms with van der Waals surface area (Å²) in [5.41, 5.74) is 9.37. The zero-order valence-corrected chi connectivity index (χ0v) is 11.7. The van der Waals surface area contributed by atoms with Crippen molar-refractivity contribution in [3.8, 4) is 11.6 Å². The normalized spacial score (nSPS) is 10.0. The largest absolute Gasteiger partial charge is 0.496 e. The highest BCUT2D eigenvalue weighted by molar-refractivity contribution is 6.01. The molecule has 1 aromatic carbocycles. The number of rotatable bonds is 6. The number of carbonyl (C=O) groups is 1. The van der Waals surface area contributed by atoms with Gasteiger partial charge in [0.2, 0.25) is 5.88 Å². The molecule has 7 nitrogen and oxygen atoms in total. The molecule has 0 aliphatic carbocycles. The van der Waals surface area contributed by atoms with Crippen LogP contribution >= 0.6 is 0 Å². The smallest absolute Gasteiger partial charge is 0.217 e. The van der Waals surface area contributed by atoms with Gasteiger partial charge in [0.05, 0.1) is 25.8 Å². The molecule has 108 valence electrons. The van der Waals surface area contributed by atoms with E-state index in [0.29, 0.717) is 34.7 Å². The van der Waals surface area contributed by atoms with Crippen LogP contribution in [-0.2, 0) is 0 Å². The standard InChI is InChI=1S/C14H14N4O3/c1-3-21-14-7-13(20-2)10-6-9(4-5-11(10)17-14)12(19)8-16-18-15/h4-7H,3,8H2,1-2H3. The molecule has 1 heterocycles. The number of methoxy groups -OCH3 is 1. The van der Waals surface area contributed by atoms with Gasteiger partial charge in [0, 0.05) is 21.9 Å². The first kappa shape index (κ1) is 14.6. The van der Waals surface area contributed by atoms with Crippen molar-refractivity contribution in [2.45, 2.75) is 6.92 Å². The van der Waals surface area contributed by atoms with Crippen molar-refractivity contribution >= 4 is 16.7 Å². The van der Waals surface area contributed by atoms with E-state index in [-0.39, 0.29) is 12.3 Å². The summed E-state index contributed by atoms with van der Waals surface area (Å²) in [5.74, 6) is 0.780. The number of aromatic nitrogens is 1. The Hall–Kier alpha value is -2.79. The summed E-state index contributed by atoms with van der Waals surface area (Å²) in [4.78, 5) is 18.8. The fourth-order valence-electron chi connectivity index (χ4n) is 1.92. The van der Waals surface area contributed by atoms with E-state index in [0.717, 1.165) is 0 Å². The fraction of sp³-hybridized carbons (Fsp3) is 0.286. The average Bonchev–Trinajstić information content (AvgIpc) is 2.51. The number of carbonyl (C=O) groups excluding carboxylic acids is 1. The highest BCUT2D eigenvalue weighted by Gasteiger charge is 2.11. The molecule has 0 atom stereocenters. The summed E-state index contributed by atoms with van der Waals surface area (Å²) in [6.45, 7) is 2.16. The van der Waals surface area contributed by atoms with E-state index in [1.165, 1.54) is 0 Å². The summed E-state index contributed by atoms with van der Waals surface area (Å²) >= 11 is 0. The van der Waals surface area contributed by atoms with Gasteiger partial charge in [0.1, 0.15) is 5.75 Å². The van der Waals surface area contributed by atoms with E-state index in [1.54, 1.807) is 31.4 Å². The number of Topliss-reactive ketones (excluding diaryl/α,β-unsaturated/α-hetero) is 1. The predicted molar refractivity (Wildman–Crippen MR) is 77.8 cm³/mol. The third kappa shape index (κ3) is 3.21. The van der Waals surface area contributed by atoms with Crippen LogP contribution in [0.3, 0.4) is 0 Å². The topological polar surface area (TPSA) is 97.2 Å². The number of ketones is 1. The van der Waals surface area contributed by atoms with E-state index in [1.807, 2.05) is 6.92 Å². The van der Waals surface area contributed by atoms with Gasteiger partial charge in [-0.2, -0.15) is 0 Å². The molecule has 0 amide bonds. The molecule has 0 radical (unpaired) electrons. The molecule has 0 fully saturated rings. The van der Waals surface area contributed by atoms with Crippen LogP contribution in [0.15, 0.2) is 29.4 Å². The minimum Gasteiger partial charge on any atom is -0.496 e. The lowest BCUT2D eigenvalue weighted by atomic mass is 10.1. The van der Waals surface area contributed by atoms with Crippen molar-refractivity contribution in [3.63, 3.8) is 0 Å². The highest BCUT2D eigenvalue weighted by atomic mass is 16.5. The molecule has 0 saturated heterocycles. The number of hydrogen-bond donors (Lipinski definition) is 0. The fourth-order valence-corrected chi connectivity index (χ4v) is 1.92. The monoisotopic (exact) mass is 286 g/mol. The van der Waals surface area contributed by atoms with Crippen molar-refractivity contribution < 1.29 is 14.3 Å². The number of azide groups is 1. The summed E-state index contributed by atoms with van der Waals surface area (Å²) in [6, 6.07) is 6.70. The number of benzene rings is 1. The minimum atomic E-state index is -0.259. The molecular formula is C14H14N4O3. The molecule has 7 heteroatoms. The van der Waals surface area contributed by atoms with Gasteiger partial charge in [-0.05, 0) is 30.7 Å². The zero-order chi connectivity index (χ0) is 15.2. The van der Waals surface area contributed by atoms with Crippen LogP contribution in [0.4, 0.5) is 0 Å². The molecule has 0 bridgehead atoms. The summed E-state index contributed by atoms with van der Waals surface area (Å²) in [6.07, 6.45) is 0. The van der Waals surface area contributed by atoms with Crippen LogP contribution in [0, 0.1) is 0 Å². The molecule has 0 N–H and O–H groups in total. The van der Waals surface area contributed by atoms with E-state index in [2.05, 4.69) is 15.0 Å². The molecule has 0 aliphatic heterocycles. The molecule has 1 aromatic heterocycles. The maximum absolute atomic E-state index is 11.9. The Balaban J connectivity index is 2.49. The zero-order valence-electron chi connectivity index (χ0n) is 11.7. The van der Waals surface area contributed by atoms with Crippen molar-refractivity contribution in [2.24, 2.45) is 5.11 Å². The maximum atomic E-state index is 11.9. The molecular weight excluding hydrogens is 272 g/mol. The first-order chi connectivity index (χ1) is 10.2. The minimum absolute atomic E-state index is 0.214. The lowest BCUT2D eigenvalue weighted by Gasteiger charge is -2.09. The maximum Gasteiger partial charge on any atom is 0.217 e. The van der Waals surface area contributed by atoms with Gasteiger partial charge >= 0.3 is 0 Å². The summed E-state index contributed by atoms with van der Waals surface area (Å²) < 4.78 is 10.7. The second kappa shape index (κ2) is 6.58. The predicted octanol–water partition coefficient (Wildman–Crippen LogP) is 3.14. The Morgan fingerprint density at radius 3 is 2.90 bits per heavy atom. The van der Waals surface area contributed by atoms with Crippen LogP contribution in [0.1, 0.15) is 17.3 Å². The van der Waals surface area contributed by atoms with Gasteiger partial charge in [0.25, 0.3) is 0 Å². The number of nitrogens with zero attached hydrogens (tertiary/aromatic N) is 4. The van der Waals surface area contributed by atoms with Gasteiger partial charge in [-0.1, -0.05) is 5.11 Å². The van der Waals surface area contributed by atoms with Crippen LogP contribution in [0.25, 0.3) is 21.3 Å². The van der Waals surface area contributed by atoms with E-state index >= 15 is 0 Å². The van der Waals surface area contributed by atoms with Crippen molar-refractivity contribution in [3.05, 3.63) is 40.3 Å². The van der Waals surface area contributed by atoms with Gasteiger partial charge in [-0.25, -0.2) is 4.98 Å². The second-order valence-electron chi connectivity index (χ2n) is 4.14. The highest BCUT2D eigenvalue weighted by Crippen LogP contribution is 2.29. The second-order valence-corrected chi connectivity index (χ2v) is 4.14. The molecule has 2 aromatic rings. The number of hydrogen-bond acceptors (Lipinski definition) is 5. The Morgan fingerprint density at radius 2 is 2.24 bits per heavy atom. The molecule has 0 spiro atoms. The number of pyridine rings is 1. The quantitative estimate of drug-likeness (QED) is 0.352. The first-order valence-electron chi connectivity index (χ1n) is 6.35. The number of fused-ring (bicyclic) bond motifs is 1.